The second-order valence-electron chi connectivity index (χ2n) is 2.30. The van der Waals surface area contributed by atoms with E-state index in [-0.39, 0.29) is 5.95 Å². The van der Waals surface area contributed by atoms with Gasteiger partial charge in [0.1, 0.15) is 6.33 Å². The Balaban J connectivity index is 2.53. The number of anilines is 1. The molecule has 1 aromatic heterocycles. The zero-order chi connectivity index (χ0) is 8.72. The number of amides is 1. The number of rotatable bonds is 0. The number of carbonyl (C=O) groups is 2. The largest absolute Gasteiger partial charge is 0.312 e. The molecule has 7 nitrogen and oxygen atoms in total. The molecular formula is C5H5N5O2. The zero-order valence-electron chi connectivity index (χ0n) is 5.89. The van der Waals surface area contributed by atoms with Crippen LogP contribution in [0.4, 0.5) is 5.95 Å². The Morgan fingerprint density at radius 1 is 1.58 bits per heavy atom. The van der Waals surface area contributed by atoms with Crippen molar-refractivity contribution in [3.63, 3.8) is 0 Å². The van der Waals surface area contributed by atoms with Gasteiger partial charge in [0.15, 0.2) is 6.04 Å². The first kappa shape index (κ1) is 6.92. The topological polar surface area (TPSA) is 103 Å². The van der Waals surface area contributed by atoms with Crippen LogP contribution < -0.4 is 11.1 Å². The average molecular weight is 167 g/mol. The van der Waals surface area contributed by atoms with Crippen molar-refractivity contribution >= 4 is 17.8 Å². The summed E-state index contributed by atoms with van der Waals surface area (Å²) >= 11 is 0. The van der Waals surface area contributed by atoms with E-state index in [9.17, 15) is 9.59 Å². The number of carbonyl (C=O) groups excluding carboxylic acids is 2. The summed E-state index contributed by atoms with van der Waals surface area (Å²) in [7, 11) is 0. The highest BCUT2D eigenvalue weighted by molar-refractivity contribution is 6.13. The maximum absolute atomic E-state index is 11.2. The van der Waals surface area contributed by atoms with Gasteiger partial charge in [0.25, 0.3) is 11.8 Å². The third-order valence-electron chi connectivity index (χ3n) is 1.54. The Bertz CT molecular complexity index is 356. The quantitative estimate of drug-likeness (QED) is 0.443. The van der Waals surface area contributed by atoms with Crippen LogP contribution in [0.2, 0.25) is 0 Å². The van der Waals surface area contributed by atoms with Gasteiger partial charge in [0.2, 0.25) is 5.95 Å². The van der Waals surface area contributed by atoms with Crippen LogP contribution >= 0.6 is 0 Å². The molecule has 0 saturated carbocycles. The molecule has 1 amide bonds. The van der Waals surface area contributed by atoms with Gasteiger partial charge in [-0.2, -0.15) is 14.8 Å². The van der Waals surface area contributed by atoms with Crippen molar-refractivity contribution in [2.45, 2.75) is 6.04 Å². The summed E-state index contributed by atoms with van der Waals surface area (Å²) in [5, 5.41) is 5.91. The van der Waals surface area contributed by atoms with Crippen LogP contribution in [0.5, 0.6) is 0 Å². The van der Waals surface area contributed by atoms with Crippen molar-refractivity contribution in [1.82, 2.24) is 14.8 Å². The molecule has 0 spiro atoms. The van der Waals surface area contributed by atoms with E-state index in [1.54, 1.807) is 0 Å². The van der Waals surface area contributed by atoms with Crippen LogP contribution in [-0.4, -0.2) is 32.6 Å². The summed E-state index contributed by atoms with van der Waals surface area (Å²) in [5.41, 5.74) is 5.25. The maximum atomic E-state index is 11.2. The molecule has 1 aromatic rings. The lowest BCUT2D eigenvalue weighted by molar-refractivity contribution is -0.116. The number of nitrogens with two attached hydrogens (primary N) is 1. The third-order valence-corrected chi connectivity index (χ3v) is 1.54. The van der Waals surface area contributed by atoms with Gasteiger partial charge < -0.3 is 5.73 Å². The molecule has 0 aliphatic carbocycles. The highest BCUT2D eigenvalue weighted by Gasteiger charge is 2.32. The third kappa shape index (κ3) is 0.735. The molecule has 0 fully saturated rings. The van der Waals surface area contributed by atoms with E-state index in [2.05, 4.69) is 15.4 Å². The van der Waals surface area contributed by atoms with Crippen molar-refractivity contribution in [3.05, 3.63) is 6.33 Å². The summed E-state index contributed by atoms with van der Waals surface area (Å²) in [6.45, 7) is 0. The molecule has 0 bridgehead atoms. The van der Waals surface area contributed by atoms with Crippen LogP contribution in [-0.2, 0) is 4.79 Å². The van der Waals surface area contributed by atoms with Crippen molar-refractivity contribution in [2.75, 3.05) is 5.32 Å². The Hall–Kier alpha value is -1.76. The van der Waals surface area contributed by atoms with Gasteiger partial charge in [0, 0.05) is 0 Å². The molecule has 62 valence electrons. The molecule has 3 N–H and O–H groups in total. The average Bonchev–Trinajstić information content (AvgIpc) is 2.48. The second kappa shape index (κ2) is 2.11. The molecule has 1 aliphatic heterocycles. The van der Waals surface area contributed by atoms with Gasteiger partial charge in [-0.05, 0) is 0 Å². The van der Waals surface area contributed by atoms with Gasteiger partial charge in [-0.1, -0.05) is 0 Å². The van der Waals surface area contributed by atoms with E-state index in [0.717, 1.165) is 4.68 Å². The number of nitrogens with one attached hydrogen (secondary N) is 1. The minimum Gasteiger partial charge on any atom is -0.312 e. The summed E-state index contributed by atoms with van der Waals surface area (Å²) in [6.07, 6.45) is 1.17. The number of fused-ring (bicyclic) bond motifs is 1. The van der Waals surface area contributed by atoms with Crippen molar-refractivity contribution in [2.24, 2.45) is 5.73 Å². The van der Waals surface area contributed by atoms with Crippen molar-refractivity contribution < 1.29 is 9.59 Å². The van der Waals surface area contributed by atoms with Crippen LogP contribution in [0.15, 0.2) is 6.33 Å². The van der Waals surface area contributed by atoms with Gasteiger partial charge >= 0.3 is 0 Å². The lowest BCUT2D eigenvalue weighted by Crippen LogP contribution is -2.49. The minimum atomic E-state index is -1.18. The normalized spacial score (nSPS) is 21.9. The van der Waals surface area contributed by atoms with Gasteiger partial charge in [-0.15, -0.1) is 0 Å². The first-order valence-corrected chi connectivity index (χ1v) is 3.21. The highest BCUT2D eigenvalue weighted by atomic mass is 16.2. The number of hydrogen-bond donors (Lipinski definition) is 2. The fourth-order valence-corrected chi connectivity index (χ4v) is 0.920. The van der Waals surface area contributed by atoms with E-state index in [1.165, 1.54) is 6.33 Å². The van der Waals surface area contributed by atoms with Crippen LogP contribution in [0.25, 0.3) is 0 Å². The smallest absolute Gasteiger partial charge is 0.276 e. The lowest BCUT2D eigenvalue weighted by atomic mass is 10.2. The summed E-state index contributed by atoms with van der Waals surface area (Å²) in [4.78, 5) is 25.7. The van der Waals surface area contributed by atoms with Gasteiger partial charge in [-0.3, -0.25) is 14.9 Å². The first-order chi connectivity index (χ1) is 5.70. The van der Waals surface area contributed by atoms with Gasteiger partial charge in [-0.25, -0.2) is 0 Å². The van der Waals surface area contributed by atoms with E-state index in [0.29, 0.717) is 0 Å². The highest BCUT2D eigenvalue weighted by Crippen LogP contribution is 2.08. The molecule has 12 heavy (non-hydrogen) atoms. The predicted molar refractivity (Wildman–Crippen MR) is 37.3 cm³/mol. The zero-order valence-corrected chi connectivity index (χ0v) is 5.89. The minimum absolute atomic E-state index is 0.117. The molecule has 0 radical (unpaired) electrons. The second-order valence-corrected chi connectivity index (χ2v) is 2.30. The van der Waals surface area contributed by atoms with E-state index in [4.69, 9.17) is 5.73 Å². The molecule has 7 heteroatoms. The fourth-order valence-electron chi connectivity index (χ4n) is 0.920. The fraction of sp³-hybridized carbons (Fsp3) is 0.200. The molecule has 2 rings (SSSR count). The number of aromatic nitrogens is 3. The molecule has 1 unspecified atom stereocenters. The molecule has 1 aliphatic rings. The standard InChI is InChI=1S/C5H5N5O2/c6-2-3(11)9-5-7-1-8-10(5)4(2)12/h1-2H,6H2,(H,7,8,9,11). The summed E-state index contributed by atoms with van der Waals surface area (Å²) < 4.78 is 0.964. The Morgan fingerprint density at radius 3 is 3.08 bits per heavy atom. The van der Waals surface area contributed by atoms with Crippen LogP contribution in [0, 0.1) is 0 Å². The molecular weight excluding hydrogens is 162 g/mol. The monoisotopic (exact) mass is 167 g/mol. The summed E-state index contributed by atoms with van der Waals surface area (Å²) in [5.74, 6) is -1.00. The van der Waals surface area contributed by atoms with Crippen molar-refractivity contribution in [1.29, 1.82) is 0 Å². The van der Waals surface area contributed by atoms with Crippen LogP contribution in [0.1, 0.15) is 4.79 Å². The summed E-state index contributed by atoms with van der Waals surface area (Å²) in [6, 6.07) is -1.18. The van der Waals surface area contributed by atoms with Gasteiger partial charge in [0.05, 0.1) is 0 Å². The molecule has 2 heterocycles. The number of nitrogens with zero attached hydrogens (tertiary/aromatic N) is 3. The molecule has 1 atom stereocenters. The number of hydrogen-bond acceptors (Lipinski definition) is 5. The Kier molecular flexibility index (Phi) is 1.22. The van der Waals surface area contributed by atoms with Crippen LogP contribution in [0.3, 0.4) is 0 Å². The lowest BCUT2D eigenvalue weighted by Gasteiger charge is -2.16. The van der Waals surface area contributed by atoms with E-state index < -0.39 is 17.9 Å². The van der Waals surface area contributed by atoms with E-state index in [1.807, 2.05) is 0 Å². The maximum Gasteiger partial charge on any atom is 0.276 e. The Labute approximate surface area is 66.6 Å². The molecule has 0 aromatic carbocycles. The Morgan fingerprint density at radius 2 is 2.33 bits per heavy atom. The molecule has 0 saturated heterocycles. The SMILES string of the molecule is NC1C(=O)Nc2ncnn2C1=O. The van der Waals surface area contributed by atoms with Crippen molar-refractivity contribution in [3.8, 4) is 0 Å². The van der Waals surface area contributed by atoms with E-state index >= 15 is 0 Å². The predicted octanol–water partition coefficient (Wildman–Crippen LogP) is -1.80. The first-order valence-electron chi connectivity index (χ1n) is 3.21.